The number of nitrogens with zero attached hydrogens (tertiary/aromatic N) is 2. The summed E-state index contributed by atoms with van der Waals surface area (Å²) in [7, 11) is 0. The predicted molar refractivity (Wildman–Crippen MR) is 91.4 cm³/mol. The third-order valence-electron chi connectivity index (χ3n) is 4.23. The van der Waals surface area contributed by atoms with Gasteiger partial charge in [0, 0.05) is 25.3 Å². The highest BCUT2D eigenvalue weighted by Gasteiger charge is 2.49. The van der Waals surface area contributed by atoms with Crippen LogP contribution in [-0.2, 0) is 15.1 Å². The molecule has 3 rings (SSSR count). The number of benzene rings is 1. The highest BCUT2D eigenvalue weighted by molar-refractivity contribution is 8.13. The fourth-order valence-electron chi connectivity index (χ4n) is 2.75. The third-order valence-corrected chi connectivity index (χ3v) is 5.12. The van der Waals surface area contributed by atoms with Crippen molar-refractivity contribution in [2.24, 2.45) is 0 Å². The van der Waals surface area contributed by atoms with E-state index in [2.05, 4.69) is 10.7 Å². The molecular formula is C16H18N4O4S. The first-order valence-electron chi connectivity index (χ1n) is 7.85. The zero-order chi connectivity index (χ0) is 18.0. The summed E-state index contributed by atoms with van der Waals surface area (Å²) in [5, 5.41) is 3.26. The second-order valence-corrected chi connectivity index (χ2v) is 6.99. The lowest BCUT2D eigenvalue weighted by Gasteiger charge is -2.22. The van der Waals surface area contributed by atoms with Crippen molar-refractivity contribution in [3.63, 3.8) is 0 Å². The Morgan fingerprint density at radius 1 is 1.28 bits per heavy atom. The highest BCUT2D eigenvalue weighted by Crippen LogP contribution is 2.27. The van der Waals surface area contributed by atoms with E-state index in [1.165, 1.54) is 11.8 Å². The molecule has 0 unspecified atom stereocenters. The minimum atomic E-state index is -1.23. The quantitative estimate of drug-likeness (QED) is 0.763. The maximum absolute atomic E-state index is 12.6. The average molecular weight is 362 g/mol. The van der Waals surface area contributed by atoms with Crippen molar-refractivity contribution in [3.8, 4) is 0 Å². The van der Waals surface area contributed by atoms with Gasteiger partial charge < -0.3 is 10.2 Å². The van der Waals surface area contributed by atoms with Gasteiger partial charge in [0.25, 0.3) is 11.1 Å². The Morgan fingerprint density at radius 2 is 2.00 bits per heavy atom. The van der Waals surface area contributed by atoms with Crippen LogP contribution in [0.1, 0.15) is 18.9 Å². The SMILES string of the molecule is C[C@@]1(c2ccccc2)NC(=O)N(NC(=O)CCN2CCSC2=O)C1=O. The number of imide groups is 1. The average Bonchev–Trinajstić information content (AvgIpc) is 3.11. The molecule has 8 nitrogen and oxygen atoms in total. The summed E-state index contributed by atoms with van der Waals surface area (Å²) in [6, 6.07) is 8.14. The van der Waals surface area contributed by atoms with Gasteiger partial charge in [-0.3, -0.25) is 19.8 Å². The van der Waals surface area contributed by atoms with Gasteiger partial charge in [-0.15, -0.1) is 0 Å². The van der Waals surface area contributed by atoms with E-state index in [-0.39, 0.29) is 18.2 Å². The summed E-state index contributed by atoms with van der Waals surface area (Å²) in [4.78, 5) is 49.9. The third kappa shape index (κ3) is 3.32. The molecule has 0 aromatic heterocycles. The van der Waals surface area contributed by atoms with Crippen LogP contribution in [0.5, 0.6) is 0 Å². The second kappa shape index (κ2) is 6.75. The Balaban J connectivity index is 1.63. The number of thioether (sulfide) groups is 1. The Kier molecular flexibility index (Phi) is 4.67. The van der Waals surface area contributed by atoms with Crippen LogP contribution >= 0.6 is 11.8 Å². The van der Waals surface area contributed by atoms with E-state index in [1.54, 1.807) is 36.1 Å². The van der Waals surface area contributed by atoms with Gasteiger partial charge in [0.2, 0.25) is 5.91 Å². The van der Waals surface area contributed by atoms with E-state index in [4.69, 9.17) is 0 Å². The molecule has 2 saturated heterocycles. The van der Waals surface area contributed by atoms with Gasteiger partial charge >= 0.3 is 6.03 Å². The minimum absolute atomic E-state index is 0.0193. The van der Waals surface area contributed by atoms with Crippen molar-refractivity contribution in [2.45, 2.75) is 18.9 Å². The Morgan fingerprint density at radius 3 is 2.64 bits per heavy atom. The van der Waals surface area contributed by atoms with Gasteiger partial charge in [-0.05, 0) is 12.5 Å². The van der Waals surface area contributed by atoms with Crippen molar-refractivity contribution < 1.29 is 19.2 Å². The number of amides is 5. The zero-order valence-electron chi connectivity index (χ0n) is 13.7. The van der Waals surface area contributed by atoms with Gasteiger partial charge in [0.15, 0.2) is 0 Å². The van der Waals surface area contributed by atoms with E-state index in [0.29, 0.717) is 22.9 Å². The van der Waals surface area contributed by atoms with Crippen LogP contribution in [0.15, 0.2) is 30.3 Å². The van der Waals surface area contributed by atoms with Crippen LogP contribution < -0.4 is 10.7 Å². The van der Waals surface area contributed by atoms with Crippen LogP contribution in [0.3, 0.4) is 0 Å². The molecule has 2 aliphatic rings. The molecule has 132 valence electrons. The highest BCUT2D eigenvalue weighted by atomic mass is 32.2. The standard InChI is InChI=1S/C16H18N4O4S/c1-16(11-5-3-2-4-6-11)13(22)20(14(23)17-16)18-12(21)7-8-19-9-10-25-15(19)24/h2-6H,7-10H2,1H3,(H,17,23)(H,18,21)/t16-/m0/s1. The molecule has 0 spiro atoms. The maximum atomic E-state index is 12.6. The molecule has 0 saturated carbocycles. The lowest BCUT2D eigenvalue weighted by molar-refractivity contribution is -0.139. The fraction of sp³-hybridized carbons (Fsp3) is 0.375. The number of carbonyl (C=O) groups is 4. The summed E-state index contributed by atoms with van der Waals surface area (Å²) in [5.41, 5.74) is 1.73. The summed E-state index contributed by atoms with van der Waals surface area (Å²) >= 11 is 1.21. The summed E-state index contributed by atoms with van der Waals surface area (Å²) in [6.45, 7) is 2.46. The number of carbonyl (C=O) groups excluding carboxylic acids is 4. The molecule has 5 amide bonds. The second-order valence-electron chi connectivity index (χ2n) is 5.95. The lowest BCUT2D eigenvalue weighted by atomic mass is 9.92. The Bertz CT molecular complexity index is 726. The topological polar surface area (TPSA) is 98.8 Å². The summed E-state index contributed by atoms with van der Waals surface area (Å²) in [6.07, 6.45) is 0.0193. The smallest absolute Gasteiger partial charge is 0.332 e. The number of hydrazine groups is 1. The largest absolute Gasteiger partial charge is 0.344 e. The molecule has 0 radical (unpaired) electrons. The van der Waals surface area contributed by atoms with Crippen LogP contribution in [0.2, 0.25) is 0 Å². The molecule has 1 aromatic carbocycles. The number of hydrogen-bond donors (Lipinski definition) is 2. The van der Waals surface area contributed by atoms with Crippen LogP contribution in [0, 0.1) is 0 Å². The van der Waals surface area contributed by atoms with E-state index in [1.807, 2.05) is 6.07 Å². The van der Waals surface area contributed by atoms with Crippen molar-refractivity contribution >= 4 is 34.8 Å². The molecule has 1 atom stereocenters. The molecule has 0 bridgehead atoms. The predicted octanol–water partition coefficient (Wildman–Crippen LogP) is 1.04. The number of nitrogens with one attached hydrogen (secondary N) is 2. The van der Waals surface area contributed by atoms with Gasteiger partial charge in [-0.1, -0.05) is 42.1 Å². The van der Waals surface area contributed by atoms with E-state index in [9.17, 15) is 19.2 Å². The molecule has 2 aliphatic heterocycles. The van der Waals surface area contributed by atoms with E-state index in [0.717, 1.165) is 0 Å². The first-order valence-corrected chi connectivity index (χ1v) is 8.84. The van der Waals surface area contributed by atoms with Crippen molar-refractivity contribution in [1.82, 2.24) is 20.7 Å². The first-order chi connectivity index (χ1) is 11.9. The van der Waals surface area contributed by atoms with Crippen LogP contribution in [0.4, 0.5) is 9.59 Å². The van der Waals surface area contributed by atoms with Crippen molar-refractivity contribution in [3.05, 3.63) is 35.9 Å². The van der Waals surface area contributed by atoms with Gasteiger partial charge in [0.05, 0.1) is 0 Å². The molecule has 0 aliphatic carbocycles. The summed E-state index contributed by atoms with van der Waals surface area (Å²) < 4.78 is 0. The first kappa shape index (κ1) is 17.3. The van der Waals surface area contributed by atoms with E-state index >= 15 is 0 Å². The van der Waals surface area contributed by atoms with Crippen LogP contribution in [0.25, 0.3) is 0 Å². The molecule has 9 heteroatoms. The van der Waals surface area contributed by atoms with E-state index < -0.39 is 23.4 Å². The number of rotatable bonds is 5. The van der Waals surface area contributed by atoms with Crippen molar-refractivity contribution in [1.29, 1.82) is 0 Å². The molecule has 2 N–H and O–H groups in total. The molecule has 2 heterocycles. The molecule has 25 heavy (non-hydrogen) atoms. The van der Waals surface area contributed by atoms with Gasteiger partial charge in [0.1, 0.15) is 5.54 Å². The zero-order valence-corrected chi connectivity index (χ0v) is 14.5. The minimum Gasteiger partial charge on any atom is -0.332 e. The molecular weight excluding hydrogens is 344 g/mol. The Hall–Kier alpha value is -2.55. The monoisotopic (exact) mass is 362 g/mol. The number of urea groups is 1. The lowest BCUT2D eigenvalue weighted by Crippen LogP contribution is -2.48. The Labute approximate surface area is 148 Å². The van der Waals surface area contributed by atoms with Crippen LogP contribution in [-0.4, -0.2) is 51.8 Å². The fourth-order valence-corrected chi connectivity index (χ4v) is 3.61. The van der Waals surface area contributed by atoms with Crippen molar-refractivity contribution in [2.75, 3.05) is 18.8 Å². The normalized spacial score (nSPS) is 23.2. The maximum Gasteiger partial charge on any atom is 0.344 e. The molecule has 2 fully saturated rings. The molecule has 1 aromatic rings. The summed E-state index contributed by atoms with van der Waals surface area (Å²) in [5.74, 6) is -0.335. The van der Waals surface area contributed by atoms with Gasteiger partial charge in [-0.2, -0.15) is 5.01 Å². The number of hydrogen-bond acceptors (Lipinski definition) is 5. The van der Waals surface area contributed by atoms with Gasteiger partial charge in [-0.25, -0.2) is 4.79 Å².